The van der Waals surface area contributed by atoms with Crippen LogP contribution in [0.5, 0.6) is 0 Å². The molecule has 0 radical (unpaired) electrons. The molecule has 0 aromatic heterocycles. The van der Waals surface area contributed by atoms with Crippen LogP contribution in [-0.2, 0) is 30.4 Å². The number of benzene rings is 2. The zero-order valence-electron chi connectivity index (χ0n) is 23.5. The Morgan fingerprint density at radius 3 is 2.31 bits per heavy atom. The number of amides is 1. The predicted molar refractivity (Wildman–Crippen MR) is 153 cm³/mol. The number of nitrogens with zero attached hydrogens (tertiary/aromatic N) is 1. The second-order valence-electron chi connectivity index (χ2n) is 10.4. The molecule has 7 nitrogen and oxygen atoms in total. The van der Waals surface area contributed by atoms with Gasteiger partial charge in [0.15, 0.2) is 5.78 Å². The van der Waals surface area contributed by atoms with Crippen molar-refractivity contribution in [3.05, 3.63) is 65.7 Å². The van der Waals surface area contributed by atoms with Crippen LogP contribution in [0.15, 0.2) is 54.6 Å². The van der Waals surface area contributed by atoms with Crippen LogP contribution in [0.2, 0.25) is 0 Å². The van der Waals surface area contributed by atoms with Gasteiger partial charge in [0.25, 0.3) is 0 Å². The number of hydrogen-bond donors (Lipinski definition) is 1. The van der Waals surface area contributed by atoms with Crippen LogP contribution >= 0.6 is 0 Å². The van der Waals surface area contributed by atoms with Crippen LogP contribution in [0.3, 0.4) is 0 Å². The maximum atomic E-state index is 13.3. The average molecular weight is 537 g/mol. The fraction of sp³-hybridized carbons (Fsp3) is 0.531. The first-order valence-corrected chi connectivity index (χ1v) is 14.4. The van der Waals surface area contributed by atoms with Crippen molar-refractivity contribution in [2.45, 2.75) is 89.8 Å². The topological polar surface area (TPSA) is 84.9 Å². The van der Waals surface area contributed by atoms with Crippen LogP contribution in [0.4, 0.5) is 5.69 Å². The molecule has 1 aliphatic carbocycles. The number of carbonyl (C=O) groups is 3. The van der Waals surface area contributed by atoms with Crippen LogP contribution in [0.25, 0.3) is 0 Å². The van der Waals surface area contributed by atoms with Gasteiger partial charge in [-0.3, -0.25) is 14.5 Å². The molecule has 1 N–H and O–H groups in total. The summed E-state index contributed by atoms with van der Waals surface area (Å²) in [5, 5.41) is 3.06. The third-order valence-corrected chi connectivity index (χ3v) is 7.15. The van der Waals surface area contributed by atoms with Gasteiger partial charge in [-0.05, 0) is 69.7 Å². The number of Topliss-reactive ketones (excluding diaryl/α,β-unsaturated/α-hetero) is 1. The van der Waals surface area contributed by atoms with E-state index in [9.17, 15) is 14.4 Å². The fourth-order valence-corrected chi connectivity index (χ4v) is 5.04. The van der Waals surface area contributed by atoms with E-state index in [4.69, 9.17) is 9.47 Å². The number of ether oxygens (including phenoxy) is 2. The lowest BCUT2D eigenvalue weighted by Crippen LogP contribution is -2.34. The Kier molecular flexibility index (Phi) is 13.2. The third kappa shape index (κ3) is 10.6. The van der Waals surface area contributed by atoms with Gasteiger partial charge in [-0.25, -0.2) is 4.79 Å². The SMILES string of the molecule is CCOCC(=O)CCCCCCC(=O)Nc1ccccc1CN(C)[C@H](C(=O)OC1CCCC1)c1ccccc1. The number of esters is 1. The summed E-state index contributed by atoms with van der Waals surface area (Å²) in [5.41, 5.74) is 2.59. The molecule has 0 aliphatic heterocycles. The van der Waals surface area contributed by atoms with E-state index in [-0.39, 0.29) is 30.4 Å². The molecule has 1 atom stereocenters. The van der Waals surface area contributed by atoms with Gasteiger partial charge in [0, 0.05) is 31.7 Å². The van der Waals surface area contributed by atoms with Crippen molar-refractivity contribution in [1.82, 2.24) is 4.90 Å². The first kappa shape index (κ1) is 30.5. The smallest absolute Gasteiger partial charge is 0.328 e. The summed E-state index contributed by atoms with van der Waals surface area (Å²) in [5.74, 6) is -0.119. The van der Waals surface area contributed by atoms with Crippen molar-refractivity contribution in [2.24, 2.45) is 0 Å². The molecule has 39 heavy (non-hydrogen) atoms. The van der Waals surface area contributed by atoms with E-state index < -0.39 is 6.04 Å². The highest BCUT2D eigenvalue weighted by atomic mass is 16.5. The van der Waals surface area contributed by atoms with Crippen molar-refractivity contribution in [3.63, 3.8) is 0 Å². The number of ketones is 1. The molecule has 2 aromatic carbocycles. The molecule has 1 saturated carbocycles. The van der Waals surface area contributed by atoms with Gasteiger partial charge >= 0.3 is 5.97 Å². The molecule has 0 saturated heterocycles. The lowest BCUT2D eigenvalue weighted by molar-refractivity contribution is -0.155. The number of carbonyl (C=O) groups excluding carboxylic acids is 3. The summed E-state index contributed by atoms with van der Waals surface area (Å²) in [4.78, 5) is 39.7. The molecule has 2 aromatic rings. The number of rotatable bonds is 17. The second-order valence-corrected chi connectivity index (χ2v) is 10.4. The molecule has 0 spiro atoms. The van der Waals surface area contributed by atoms with Crippen molar-refractivity contribution in [2.75, 3.05) is 25.6 Å². The summed E-state index contributed by atoms with van der Waals surface area (Å²) in [6.45, 7) is 3.11. The number of hydrogen-bond acceptors (Lipinski definition) is 6. The lowest BCUT2D eigenvalue weighted by atomic mass is 10.0. The van der Waals surface area contributed by atoms with Gasteiger partial charge in [-0.1, -0.05) is 61.4 Å². The number of anilines is 1. The van der Waals surface area contributed by atoms with E-state index in [1.54, 1.807) is 0 Å². The molecule has 212 valence electrons. The Bertz CT molecular complexity index is 1040. The lowest BCUT2D eigenvalue weighted by Gasteiger charge is -2.28. The molecule has 0 heterocycles. The average Bonchev–Trinajstić information content (AvgIpc) is 3.44. The Morgan fingerprint density at radius 2 is 1.59 bits per heavy atom. The van der Waals surface area contributed by atoms with Gasteiger partial charge in [0.05, 0.1) is 0 Å². The summed E-state index contributed by atoms with van der Waals surface area (Å²) in [6.07, 6.45) is 8.45. The van der Waals surface area contributed by atoms with Crippen LogP contribution in [0.1, 0.15) is 88.3 Å². The molecule has 7 heteroatoms. The van der Waals surface area contributed by atoms with Gasteiger partial charge in [-0.15, -0.1) is 0 Å². The molecule has 1 fully saturated rings. The Balaban J connectivity index is 1.53. The highest BCUT2D eigenvalue weighted by Gasteiger charge is 2.30. The van der Waals surface area contributed by atoms with Crippen molar-refractivity contribution in [3.8, 4) is 0 Å². The minimum absolute atomic E-state index is 0.000695. The summed E-state index contributed by atoms with van der Waals surface area (Å²) < 4.78 is 11.0. The van der Waals surface area contributed by atoms with Crippen molar-refractivity contribution < 1.29 is 23.9 Å². The highest BCUT2D eigenvalue weighted by molar-refractivity contribution is 5.91. The zero-order valence-corrected chi connectivity index (χ0v) is 23.5. The summed E-state index contributed by atoms with van der Waals surface area (Å²) >= 11 is 0. The number of unbranched alkanes of at least 4 members (excludes halogenated alkanes) is 3. The van der Waals surface area contributed by atoms with Crippen molar-refractivity contribution >= 4 is 23.3 Å². The second kappa shape index (κ2) is 16.8. The normalized spacial score (nSPS) is 14.3. The Morgan fingerprint density at radius 1 is 0.923 bits per heavy atom. The zero-order chi connectivity index (χ0) is 27.9. The van der Waals surface area contributed by atoms with Gasteiger partial charge < -0.3 is 14.8 Å². The monoisotopic (exact) mass is 536 g/mol. The minimum Gasteiger partial charge on any atom is -0.461 e. The number of likely N-dealkylation sites (N-methyl/N-ethyl adjacent to an activating group) is 1. The van der Waals surface area contributed by atoms with Gasteiger partial charge in [0.2, 0.25) is 5.91 Å². The molecule has 3 rings (SSSR count). The van der Waals surface area contributed by atoms with Gasteiger partial charge in [-0.2, -0.15) is 0 Å². The standard InChI is InChI=1S/C32H44N2O5/c1-3-38-24-27(35)18-9-4-5-10-22-30(36)33-29-21-14-11-17-26(29)23-34(2)31(25-15-7-6-8-16-25)32(37)39-28-19-12-13-20-28/h6-8,11,14-17,21,28,31H,3-5,9-10,12-13,18-20,22-24H2,1-2H3,(H,33,36)/t31-/m0/s1. The Hall–Kier alpha value is -3.03. The minimum atomic E-state index is -0.532. The summed E-state index contributed by atoms with van der Waals surface area (Å²) in [7, 11) is 1.92. The first-order chi connectivity index (χ1) is 19.0. The summed E-state index contributed by atoms with van der Waals surface area (Å²) in [6, 6.07) is 16.9. The fourth-order valence-electron chi connectivity index (χ4n) is 5.04. The van der Waals surface area contributed by atoms with E-state index in [0.29, 0.717) is 26.0 Å². The molecule has 0 unspecified atom stereocenters. The largest absolute Gasteiger partial charge is 0.461 e. The van der Waals surface area contributed by atoms with E-state index in [1.165, 1.54) is 0 Å². The maximum absolute atomic E-state index is 13.3. The molecule has 1 aliphatic rings. The van der Waals surface area contributed by atoms with Crippen LogP contribution < -0.4 is 5.32 Å². The Labute approximate surface area is 233 Å². The first-order valence-electron chi connectivity index (χ1n) is 14.4. The van der Waals surface area contributed by atoms with E-state index in [2.05, 4.69) is 5.32 Å². The molecule has 0 bridgehead atoms. The van der Waals surface area contributed by atoms with Gasteiger partial charge in [0.1, 0.15) is 18.8 Å². The molecule has 1 amide bonds. The third-order valence-electron chi connectivity index (χ3n) is 7.15. The van der Waals surface area contributed by atoms with E-state index >= 15 is 0 Å². The quantitative estimate of drug-likeness (QED) is 0.191. The number of para-hydroxylation sites is 1. The van der Waals surface area contributed by atoms with Crippen molar-refractivity contribution in [1.29, 1.82) is 0 Å². The number of nitrogens with one attached hydrogen (secondary N) is 1. The predicted octanol–water partition coefficient (Wildman–Crippen LogP) is 6.23. The van der Waals surface area contributed by atoms with E-state index in [1.807, 2.05) is 73.5 Å². The van der Waals surface area contributed by atoms with Crippen LogP contribution in [-0.4, -0.2) is 48.9 Å². The molecular formula is C32H44N2O5. The molecular weight excluding hydrogens is 492 g/mol. The van der Waals surface area contributed by atoms with E-state index in [0.717, 1.165) is 68.2 Å². The van der Waals surface area contributed by atoms with Crippen LogP contribution in [0, 0.1) is 0 Å². The maximum Gasteiger partial charge on any atom is 0.328 e. The highest BCUT2D eigenvalue weighted by Crippen LogP contribution is 2.28.